The largest absolute Gasteiger partial charge is 0.465 e. The van der Waals surface area contributed by atoms with Gasteiger partial charge in [0.1, 0.15) is 5.78 Å². The number of ketones is 1. The summed E-state index contributed by atoms with van der Waals surface area (Å²) in [6.45, 7) is 0. The molecule has 0 saturated heterocycles. The van der Waals surface area contributed by atoms with E-state index in [0.29, 0.717) is 6.42 Å². The van der Waals surface area contributed by atoms with Crippen molar-refractivity contribution in [2.24, 2.45) is 0 Å². The molecule has 2 atom stereocenters. The third-order valence-electron chi connectivity index (χ3n) is 2.29. The minimum Gasteiger partial charge on any atom is -0.465 e. The van der Waals surface area contributed by atoms with Gasteiger partial charge in [-0.25, -0.2) is 9.59 Å². The van der Waals surface area contributed by atoms with Gasteiger partial charge in [-0.3, -0.25) is 4.79 Å². The summed E-state index contributed by atoms with van der Waals surface area (Å²) < 4.78 is 0. The molecule has 1 fully saturated rings. The molecule has 0 aromatic heterocycles. The first kappa shape index (κ1) is 11.3. The van der Waals surface area contributed by atoms with E-state index in [0.717, 1.165) is 0 Å². The molecule has 0 spiro atoms. The Morgan fingerprint density at radius 3 is 2.20 bits per heavy atom. The summed E-state index contributed by atoms with van der Waals surface area (Å²) >= 11 is 0. The zero-order valence-electron chi connectivity index (χ0n) is 7.90. The van der Waals surface area contributed by atoms with Gasteiger partial charge in [-0.05, 0) is 6.42 Å². The first-order valence-corrected chi connectivity index (χ1v) is 4.49. The molecule has 0 radical (unpaired) electrons. The number of hydrogen-bond donors (Lipinski definition) is 4. The molecule has 4 N–H and O–H groups in total. The van der Waals surface area contributed by atoms with Crippen molar-refractivity contribution in [2.75, 3.05) is 0 Å². The Bertz CT molecular complexity index is 289. The van der Waals surface area contributed by atoms with E-state index in [1.54, 1.807) is 0 Å². The van der Waals surface area contributed by atoms with E-state index >= 15 is 0 Å². The molecule has 0 unspecified atom stereocenters. The van der Waals surface area contributed by atoms with E-state index < -0.39 is 24.3 Å². The first-order chi connectivity index (χ1) is 6.99. The van der Waals surface area contributed by atoms with Gasteiger partial charge in [0.15, 0.2) is 0 Å². The fourth-order valence-electron chi connectivity index (χ4n) is 1.65. The molecule has 0 aliphatic heterocycles. The minimum absolute atomic E-state index is 0.0389. The number of carbonyl (C=O) groups excluding carboxylic acids is 1. The molecular weight excluding hydrogens is 204 g/mol. The monoisotopic (exact) mass is 216 g/mol. The van der Waals surface area contributed by atoms with Gasteiger partial charge in [-0.2, -0.15) is 0 Å². The van der Waals surface area contributed by atoms with Crippen molar-refractivity contribution in [1.29, 1.82) is 0 Å². The standard InChI is InChI=1S/C8H12N2O5/c11-4-1-2-5(9-7(12)13)6(3-4)10-8(14)15/h5-6,9-10H,1-3H2,(H,12,13)(H,14,15)/t5-,6-/m1/s1. The van der Waals surface area contributed by atoms with Gasteiger partial charge in [-0.15, -0.1) is 0 Å². The zero-order chi connectivity index (χ0) is 11.4. The normalized spacial score (nSPS) is 25.7. The highest BCUT2D eigenvalue weighted by Gasteiger charge is 2.31. The predicted molar refractivity (Wildman–Crippen MR) is 48.8 cm³/mol. The van der Waals surface area contributed by atoms with E-state index in [1.807, 2.05) is 0 Å². The van der Waals surface area contributed by atoms with Crippen LogP contribution in [0.1, 0.15) is 19.3 Å². The molecule has 0 aromatic carbocycles. The SMILES string of the molecule is O=C1CC[C@@H](NC(=O)O)[C@H](NC(=O)O)C1. The van der Waals surface area contributed by atoms with Crippen molar-refractivity contribution in [3.05, 3.63) is 0 Å². The highest BCUT2D eigenvalue weighted by Crippen LogP contribution is 2.15. The Kier molecular flexibility index (Phi) is 3.48. The number of carbonyl (C=O) groups is 3. The number of hydrogen-bond acceptors (Lipinski definition) is 3. The van der Waals surface area contributed by atoms with E-state index in [4.69, 9.17) is 10.2 Å². The summed E-state index contributed by atoms with van der Waals surface area (Å²) in [5.74, 6) is -0.0582. The Morgan fingerprint density at radius 1 is 1.13 bits per heavy atom. The summed E-state index contributed by atoms with van der Waals surface area (Å²) in [6, 6.07) is -1.20. The number of amides is 2. The third-order valence-corrected chi connectivity index (χ3v) is 2.29. The van der Waals surface area contributed by atoms with Crippen molar-refractivity contribution in [2.45, 2.75) is 31.3 Å². The maximum Gasteiger partial charge on any atom is 0.404 e. The quantitative estimate of drug-likeness (QED) is 0.519. The number of rotatable bonds is 2. The van der Waals surface area contributed by atoms with Crippen LogP contribution in [0.4, 0.5) is 9.59 Å². The average Bonchev–Trinajstić information content (AvgIpc) is 2.08. The van der Waals surface area contributed by atoms with Gasteiger partial charge in [0.05, 0.1) is 12.1 Å². The lowest BCUT2D eigenvalue weighted by atomic mass is 9.89. The molecule has 1 aliphatic carbocycles. The molecular formula is C8H12N2O5. The van der Waals surface area contributed by atoms with Crippen LogP contribution in [0.3, 0.4) is 0 Å². The second-order valence-electron chi connectivity index (χ2n) is 3.39. The maximum absolute atomic E-state index is 11.1. The van der Waals surface area contributed by atoms with Crippen LogP contribution < -0.4 is 10.6 Å². The molecule has 0 bridgehead atoms. The van der Waals surface area contributed by atoms with Crippen LogP contribution in [-0.2, 0) is 4.79 Å². The average molecular weight is 216 g/mol. The van der Waals surface area contributed by atoms with E-state index in [1.165, 1.54) is 0 Å². The molecule has 1 saturated carbocycles. The molecule has 2 amide bonds. The summed E-state index contributed by atoms with van der Waals surface area (Å²) in [6.07, 6.45) is -1.82. The Labute approximate surface area is 85.5 Å². The van der Waals surface area contributed by atoms with Crippen molar-refractivity contribution in [1.82, 2.24) is 10.6 Å². The summed E-state index contributed by atoms with van der Waals surface area (Å²) in [5.41, 5.74) is 0. The van der Waals surface area contributed by atoms with Crippen molar-refractivity contribution < 1.29 is 24.6 Å². The Morgan fingerprint density at radius 2 is 1.67 bits per heavy atom. The molecule has 15 heavy (non-hydrogen) atoms. The van der Waals surface area contributed by atoms with E-state index in [9.17, 15) is 14.4 Å². The maximum atomic E-state index is 11.1. The second kappa shape index (κ2) is 4.63. The highest BCUT2D eigenvalue weighted by molar-refractivity contribution is 5.81. The number of carboxylic acid groups (broad SMARTS) is 2. The minimum atomic E-state index is -1.26. The second-order valence-corrected chi connectivity index (χ2v) is 3.39. The fraction of sp³-hybridized carbons (Fsp3) is 0.625. The molecule has 7 nitrogen and oxygen atoms in total. The lowest BCUT2D eigenvalue weighted by Gasteiger charge is -2.30. The molecule has 0 aromatic rings. The van der Waals surface area contributed by atoms with Crippen LogP contribution in [0.15, 0.2) is 0 Å². The summed E-state index contributed by atoms with van der Waals surface area (Å²) in [5, 5.41) is 21.4. The molecule has 1 rings (SSSR count). The van der Waals surface area contributed by atoms with Crippen LogP contribution in [0.5, 0.6) is 0 Å². The van der Waals surface area contributed by atoms with Crippen LogP contribution in [0.2, 0.25) is 0 Å². The summed E-state index contributed by atoms with van der Waals surface area (Å²) in [7, 11) is 0. The number of nitrogens with one attached hydrogen (secondary N) is 2. The smallest absolute Gasteiger partial charge is 0.404 e. The molecule has 1 aliphatic rings. The lowest BCUT2D eigenvalue weighted by molar-refractivity contribution is -0.121. The molecule has 84 valence electrons. The Hall–Kier alpha value is -1.79. The van der Waals surface area contributed by atoms with Gasteiger partial charge in [0.25, 0.3) is 0 Å². The number of Topliss-reactive ketones (excluding diaryl/α,β-unsaturated/α-hetero) is 1. The fourth-order valence-corrected chi connectivity index (χ4v) is 1.65. The van der Waals surface area contributed by atoms with Gasteiger partial charge < -0.3 is 20.8 Å². The van der Waals surface area contributed by atoms with Crippen LogP contribution >= 0.6 is 0 Å². The third kappa shape index (κ3) is 3.45. The van der Waals surface area contributed by atoms with Crippen LogP contribution in [0.25, 0.3) is 0 Å². The van der Waals surface area contributed by atoms with Crippen molar-refractivity contribution in [3.8, 4) is 0 Å². The van der Waals surface area contributed by atoms with Gasteiger partial charge in [0, 0.05) is 12.8 Å². The van der Waals surface area contributed by atoms with Crippen LogP contribution in [0, 0.1) is 0 Å². The van der Waals surface area contributed by atoms with E-state index in [-0.39, 0.29) is 18.6 Å². The van der Waals surface area contributed by atoms with Gasteiger partial charge >= 0.3 is 12.2 Å². The highest BCUT2D eigenvalue weighted by atomic mass is 16.4. The van der Waals surface area contributed by atoms with Crippen molar-refractivity contribution in [3.63, 3.8) is 0 Å². The van der Waals surface area contributed by atoms with Crippen LogP contribution in [-0.4, -0.2) is 40.3 Å². The first-order valence-electron chi connectivity index (χ1n) is 4.49. The van der Waals surface area contributed by atoms with Gasteiger partial charge in [-0.1, -0.05) is 0 Å². The van der Waals surface area contributed by atoms with Crippen molar-refractivity contribution >= 4 is 18.0 Å². The molecule has 0 heterocycles. The summed E-state index contributed by atoms with van der Waals surface area (Å²) in [4.78, 5) is 31.9. The predicted octanol–water partition coefficient (Wildman–Crippen LogP) is 0.0118. The van der Waals surface area contributed by atoms with E-state index in [2.05, 4.69) is 10.6 Å². The Balaban J connectivity index is 2.61. The topological polar surface area (TPSA) is 116 Å². The van der Waals surface area contributed by atoms with Gasteiger partial charge in [0.2, 0.25) is 0 Å². The lowest BCUT2D eigenvalue weighted by Crippen LogP contribution is -2.54. The molecule has 7 heteroatoms. The zero-order valence-corrected chi connectivity index (χ0v) is 7.90.